The van der Waals surface area contributed by atoms with Crippen molar-refractivity contribution < 1.29 is 9.53 Å². The Kier molecular flexibility index (Phi) is 3.13. The van der Waals surface area contributed by atoms with Gasteiger partial charge in [-0.3, -0.25) is 4.98 Å². The third-order valence-electron chi connectivity index (χ3n) is 2.99. The fourth-order valence-corrected chi connectivity index (χ4v) is 1.90. The Morgan fingerprint density at radius 2 is 1.90 bits per heavy atom. The molecule has 0 aliphatic carbocycles. The largest absolute Gasteiger partial charge is 0.400 e. The predicted octanol–water partition coefficient (Wildman–Crippen LogP) is 2.73. The zero-order chi connectivity index (χ0) is 13.9. The van der Waals surface area contributed by atoms with Gasteiger partial charge in [0, 0.05) is 6.20 Å². The van der Waals surface area contributed by atoms with Crippen LogP contribution in [0.4, 0.5) is 0 Å². The van der Waals surface area contributed by atoms with E-state index in [1.165, 1.54) is 0 Å². The molecule has 0 saturated carbocycles. The molecule has 2 aromatic rings. The highest BCUT2D eigenvalue weighted by molar-refractivity contribution is 6.12. The third-order valence-corrected chi connectivity index (χ3v) is 2.99. The molecule has 20 heavy (non-hydrogen) atoms. The van der Waals surface area contributed by atoms with E-state index in [1.807, 2.05) is 37.3 Å². The molecule has 1 aliphatic rings. The molecular weight excluding hydrogens is 252 g/mol. The Labute approximate surface area is 116 Å². The third kappa shape index (κ3) is 2.36. The van der Waals surface area contributed by atoms with Gasteiger partial charge in [-0.1, -0.05) is 30.3 Å². The first kappa shape index (κ1) is 12.3. The van der Waals surface area contributed by atoms with Crippen molar-refractivity contribution in [2.75, 3.05) is 0 Å². The Bertz CT molecular complexity index is 718. The first-order valence-corrected chi connectivity index (χ1v) is 6.23. The number of aliphatic imine (C=N–C) groups is 1. The monoisotopic (exact) mass is 264 g/mol. The molecule has 0 radical (unpaired) electrons. The summed E-state index contributed by atoms with van der Waals surface area (Å²) in [6.45, 7) is 1.98. The van der Waals surface area contributed by atoms with Gasteiger partial charge in [-0.15, -0.1) is 0 Å². The van der Waals surface area contributed by atoms with Crippen LogP contribution in [0.2, 0.25) is 0 Å². The Hall–Kier alpha value is -2.75. The lowest BCUT2D eigenvalue weighted by Gasteiger charge is -1.98. The van der Waals surface area contributed by atoms with E-state index in [-0.39, 0.29) is 5.90 Å². The number of carbonyl (C=O) groups is 1. The molecule has 0 saturated heterocycles. The van der Waals surface area contributed by atoms with Crippen LogP contribution in [0.15, 0.2) is 59.4 Å². The maximum Gasteiger partial charge on any atom is 0.363 e. The molecular formula is C16H12N2O2. The van der Waals surface area contributed by atoms with Crippen molar-refractivity contribution in [2.24, 2.45) is 4.99 Å². The van der Waals surface area contributed by atoms with E-state index < -0.39 is 5.97 Å². The number of esters is 1. The van der Waals surface area contributed by atoms with Crippen molar-refractivity contribution in [2.45, 2.75) is 6.92 Å². The summed E-state index contributed by atoms with van der Waals surface area (Å²) >= 11 is 0. The van der Waals surface area contributed by atoms with Gasteiger partial charge in [0.1, 0.15) is 5.69 Å². The molecule has 3 rings (SSSR count). The molecule has 0 N–H and O–H groups in total. The number of carbonyl (C=O) groups excluding carboxylic acids is 1. The first-order chi connectivity index (χ1) is 9.74. The fraction of sp³-hybridized carbons (Fsp3) is 0.0625. The van der Waals surface area contributed by atoms with Crippen molar-refractivity contribution in [1.82, 2.24) is 4.98 Å². The van der Waals surface area contributed by atoms with E-state index in [1.54, 1.807) is 24.4 Å². The quantitative estimate of drug-likeness (QED) is 0.619. The van der Waals surface area contributed by atoms with Gasteiger partial charge in [-0.25, -0.2) is 9.79 Å². The van der Waals surface area contributed by atoms with Crippen LogP contribution < -0.4 is 0 Å². The highest BCUT2D eigenvalue weighted by Gasteiger charge is 2.24. The van der Waals surface area contributed by atoms with Crippen LogP contribution in [-0.4, -0.2) is 16.9 Å². The fourth-order valence-electron chi connectivity index (χ4n) is 1.90. The van der Waals surface area contributed by atoms with Gasteiger partial charge < -0.3 is 4.74 Å². The Balaban J connectivity index is 1.97. The van der Waals surface area contributed by atoms with Gasteiger partial charge in [-0.05, 0) is 36.3 Å². The molecule has 98 valence electrons. The molecule has 4 nitrogen and oxygen atoms in total. The van der Waals surface area contributed by atoms with Gasteiger partial charge in [-0.2, -0.15) is 0 Å². The summed E-state index contributed by atoms with van der Waals surface area (Å²) in [7, 11) is 0. The highest BCUT2D eigenvalue weighted by atomic mass is 16.6. The first-order valence-electron chi connectivity index (χ1n) is 6.23. The normalized spacial score (nSPS) is 16.1. The molecule has 1 aliphatic heterocycles. The van der Waals surface area contributed by atoms with Crippen LogP contribution in [-0.2, 0) is 9.53 Å². The van der Waals surface area contributed by atoms with Gasteiger partial charge in [0.2, 0.25) is 5.90 Å². The number of rotatable bonds is 2. The SMILES string of the molecule is Cc1ccccc1/C=C1\N=C(c2ccccn2)OC1=O. The minimum atomic E-state index is -0.450. The van der Waals surface area contributed by atoms with Crippen molar-refractivity contribution in [3.63, 3.8) is 0 Å². The van der Waals surface area contributed by atoms with Gasteiger partial charge in [0.25, 0.3) is 0 Å². The summed E-state index contributed by atoms with van der Waals surface area (Å²) in [5.74, 6) is -0.204. The molecule has 0 amide bonds. The number of aryl methyl sites for hydroxylation is 1. The minimum absolute atomic E-state index is 0.246. The second kappa shape index (κ2) is 5.09. The van der Waals surface area contributed by atoms with E-state index in [2.05, 4.69) is 9.98 Å². The Morgan fingerprint density at radius 3 is 2.65 bits per heavy atom. The van der Waals surface area contributed by atoms with Crippen LogP contribution in [0.3, 0.4) is 0 Å². The summed E-state index contributed by atoms with van der Waals surface area (Å²) in [4.78, 5) is 20.2. The van der Waals surface area contributed by atoms with Crippen LogP contribution in [0.1, 0.15) is 16.8 Å². The average Bonchev–Trinajstić information content (AvgIpc) is 2.84. The van der Waals surface area contributed by atoms with E-state index in [9.17, 15) is 4.79 Å². The molecule has 0 bridgehead atoms. The number of cyclic esters (lactones) is 1. The lowest BCUT2D eigenvalue weighted by atomic mass is 10.1. The topological polar surface area (TPSA) is 51.6 Å². The molecule has 0 spiro atoms. The van der Waals surface area contributed by atoms with E-state index in [4.69, 9.17) is 4.74 Å². The van der Waals surface area contributed by atoms with Crippen LogP contribution in [0, 0.1) is 6.92 Å². The van der Waals surface area contributed by atoms with Crippen molar-refractivity contribution >= 4 is 17.9 Å². The lowest BCUT2D eigenvalue weighted by Crippen LogP contribution is -2.06. The number of aromatic nitrogens is 1. The smallest absolute Gasteiger partial charge is 0.363 e. The number of pyridine rings is 1. The molecule has 0 atom stereocenters. The molecule has 1 aromatic heterocycles. The van der Waals surface area contributed by atoms with E-state index in [0.29, 0.717) is 11.4 Å². The second-order valence-electron chi connectivity index (χ2n) is 4.41. The van der Waals surface area contributed by atoms with Crippen LogP contribution >= 0.6 is 0 Å². The highest BCUT2D eigenvalue weighted by Crippen LogP contribution is 2.19. The molecule has 1 aromatic carbocycles. The molecule has 0 unspecified atom stereocenters. The zero-order valence-electron chi connectivity index (χ0n) is 10.9. The summed E-state index contributed by atoms with van der Waals surface area (Å²) in [5.41, 5.74) is 2.87. The standard InChI is InChI=1S/C16H12N2O2/c1-11-6-2-3-7-12(11)10-14-16(19)20-15(18-14)13-8-4-5-9-17-13/h2-10H,1H3/b14-10-. The predicted molar refractivity (Wildman–Crippen MR) is 76.0 cm³/mol. The number of nitrogens with zero attached hydrogens (tertiary/aromatic N) is 2. The Morgan fingerprint density at radius 1 is 1.10 bits per heavy atom. The second-order valence-corrected chi connectivity index (χ2v) is 4.41. The summed E-state index contributed by atoms with van der Waals surface area (Å²) in [5, 5.41) is 0. The average molecular weight is 264 g/mol. The molecule has 2 heterocycles. The van der Waals surface area contributed by atoms with Gasteiger partial charge in [0.05, 0.1) is 0 Å². The lowest BCUT2D eigenvalue weighted by molar-refractivity contribution is -0.129. The van der Waals surface area contributed by atoms with E-state index >= 15 is 0 Å². The molecule has 4 heteroatoms. The van der Waals surface area contributed by atoms with E-state index in [0.717, 1.165) is 11.1 Å². The van der Waals surface area contributed by atoms with Crippen LogP contribution in [0.25, 0.3) is 6.08 Å². The number of hydrogen-bond acceptors (Lipinski definition) is 4. The summed E-state index contributed by atoms with van der Waals surface area (Å²) in [6.07, 6.45) is 3.36. The number of ether oxygens (including phenoxy) is 1. The minimum Gasteiger partial charge on any atom is -0.400 e. The van der Waals surface area contributed by atoms with Gasteiger partial charge >= 0.3 is 5.97 Å². The van der Waals surface area contributed by atoms with Gasteiger partial charge in [0.15, 0.2) is 5.70 Å². The number of hydrogen-bond donors (Lipinski definition) is 0. The van der Waals surface area contributed by atoms with Crippen molar-refractivity contribution in [3.8, 4) is 0 Å². The maximum absolute atomic E-state index is 11.8. The summed E-state index contributed by atoms with van der Waals surface area (Å²) in [6, 6.07) is 13.2. The zero-order valence-corrected chi connectivity index (χ0v) is 10.9. The summed E-state index contributed by atoms with van der Waals surface area (Å²) < 4.78 is 5.15. The number of benzene rings is 1. The van der Waals surface area contributed by atoms with Crippen molar-refractivity contribution in [1.29, 1.82) is 0 Å². The van der Waals surface area contributed by atoms with Crippen molar-refractivity contribution in [3.05, 3.63) is 71.2 Å². The maximum atomic E-state index is 11.8. The van der Waals surface area contributed by atoms with Crippen LogP contribution in [0.5, 0.6) is 0 Å². The molecule has 0 fully saturated rings.